The predicted molar refractivity (Wildman–Crippen MR) is 58.5 cm³/mol. The molecule has 0 saturated carbocycles. The third-order valence-electron chi connectivity index (χ3n) is 2.71. The van der Waals surface area contributed by atoms with Gasteiger partial charge in [-0.3, -0.25) is 0 Å². The standard InChI is InChI=1S/C11H16O2Si/c12-11(10-6-2-1-3-7-10)14-9-5-4-8-13-14/h1-3,6-7,11-12,14H,4-5,8-9H2. The van der Waals surface area contributed by atoms with Gasteiger partial charge in [0.1, 0.15) is 0 Å². The molecule has 1 aliphatic heterocycles. The maximum Gasteiger partial charge on any atom is 0.210 e. The van der Waals surface area contributed by atoms with Crippen LogP contribution in [0.2, 0.25) is 6.04 Å². The monoisotopic (exact) mass is 208 g/mol. The highest BCUT2D eigenvalue weighted by molar-refractivity contribution is 6.53. The van der Waals surface area contributed by atoms with Gasteiger partial charge in [-0.25, -0.2) is 0 Å². The summed E-state index contributed by atoms with van der Waals surface area (Å²) in [6.07, 6.45) is 2.38. The minimum Gasteiger partial charge on any atom is -0.417 e. The lowest BCUT2D eigenvalue weighted by Gasteiger charge is -2.25. The number of rotatable bonds is 2. The molecule has 0 amide bonds. The van der Waals surface area contributed by atoms with Gasteiger partial charge in [0, 0.05) is 6.61 Å². The van der Waals surface area contributed by atoms with E-state index in [1.54, 1.807) is 0 Å². The normalized spacial score (nSPS) is 24.5. The zero-order chi connectivity index (χ0) is 9.80. The maximum absolute atomic E-state index is 10.1. The Bertz CT molecular complexity index is 270. The summed E-state index contributed by atoms with van der Waals surface area (Å²) in [6.45, 7) is 0.848. The quantitative estimate of drug-likeness (QED) is 0.751. The molecule has 1 N–H and O–H groups in total. The largest absolute Gasteiger partial charge is 0.417 e. The Morgan fingerprint density at radius 3 is 2.64 bits per heavy atom. The van der Waals surface area contributed by atoms with Gasteiger partial charge >= 0.3 is 0 Å². The molecule has 2 nitrogen and oxygen atoms in total. The Morgan fingerprint density at radius 2 is 2.00 bits per heavy atom. The molecule has 1 aliphatic rings. The van der Waals surface area contributed by atoms with Crippen LogP contribution in [0, 0.1) is 0 Å². The second-order valence-corrected chi connectivity index (χ2v) is 6.38. The van der Waals surface area contributed by atoms with E-state index >= 15 is 0 Å². The zero-order valence-electron chi connectivity index (χ0n) is 8.23. The van der Waals surface area contributed by atoms with E-state index in [4.69, 9.17) is 4.43 Å². The molecule has 1 saturated heterocycles. The van der Waals surface area contributed by atoms with E-state index in [0.717, 1.165) is 24.6 Å². The molecule has 0 aliphatic carbocycles. The van der Waals surface area contributed by atoms with Crippen molar-refractivity contribution in [3.63, 3.8) is 0 Å². The Labute approximate surface area is 86.3 Å². The van der Waals surface area contributed by atoms with E-state index < -0.39 is 9.04 Å². The molecule has 14 heavy (non-hydrogen) atoms. The molecule has 2 rings (SSSR count). The van der Waals surface area contributed by atoms with E-state index in [1.165, 1.54) is 6.42 Å². The third kappa shape index (κ3) is 2.23. The molecule has 1 aromatic carbocycles. The highest BCUT2D eigenvalue weighted by atomic mass is 28.3. The van der Waals surface area contributed by atoms with Gasteiger partial charge in [0.2, 0.25) is 9.04 Å². The van der Waals surface area contributed by atoms with Crippen LogP contribution < -0.4 is 0 Å². The lowest BCUT2D eigenvalue weighted by atomic mass is 10.2. The lowest BCUT2D eigenvalue weighted by Crippen LogP contribution is -2.30. The highest BCUT2D eigenvalue weighted by Gasteiger charge is 2.25. The van der Waals surface area contributed by atoms with E-state index in [1.807, 2.05) is 30.3 Å². The van der Waals surface area contributed by atoms with E-state index in [-0.39, 0.29) is 5.73 Å². The molecule has 1 fully saturated rings. The molecule has 0 aromatic heterocycles. The van der Waals surface area contributed by atoms with Crippen molar-refractivity contribution in [2.75, 3.05) is 6.61 Å². The number of aliphatic hydroxyl groups is 1. The van der Waals surface area contributed by atoms with E-state index in [9.17, 15) is 5.11 Å². The van der Waals surface area contributed by atoms with Gasteiger partial charge in [-0.15, -0.1) is 0 Å². The van der Waals surface area contributed by atoms with Crippen molar-refractivity contribution in [3.8, 4) is 0 Å². The zero-order valence-corrected chi connectivity index (χ0v) is 9.38. The van der Waals surface area contributed by atoms with Crippen molar-refractivity contribution < 1.29 is 9.53 Å². The van der Waals surface area contributed by atoms with Crippen LogP contribution in [0.15, 0.2) is 30.3 Å². The lowest BCUT2D eigenvalue weighted by molar-refractivity contribution is 0.193. The van der Waals surface area contributed by atoms with Crippen LogP contribution in [-0.2, 0) is 4.43 Å². The summed E-state index contributed by atoms with van der Waals surface area (Å²) in [7, 11) is -1.39. The van der Waals surface area contributed by atoms with Gasteiger partial charge in [0.25, 0.3) is 0 Å². The average molecular weight is 208 g/mol. The summed E-state index contributed by atoms with van der Waals surface area (Å²) >= 11 is 0. The first-order valence-electron chi connectivity index (χ1n) is 5.22. The molecule has 76 valence electrons. The van der Waals surface area contributed by atoms with Gasteiger partial charge in [0.15, 0.2) is 0 Å². The number of benzene rings is 1. The molecule has 3 heteroatoms. The Morgan fingerprint density at radius 1 is 1.21 bits per heavy atom. The summed E-state index contributed by atoms with van der Waals surface area (Å²) in [6, 6.07) is 11.0. The van der Waals surface area contributed by atoms with Gasteiger partial charge in [-0.05, 0) is 18.0 Å². The van der Waals surface area contributed by atoms with Gasteiger partial charge < -0.3 is 9.53 Å². The first kappa shape index (κ1) is 9.89. The second-order valence-electron chi connectivity index (χ2n) is 3.76. The molecule has 2 unspecified atom stereocenters. The van der Waals surface area contributed by atoms with Crippen LogP contribution in [0.4, 0.5) is 0 Å². The summed E-state index contributed by atoms with van der Waals surface area (Å²) in [5, 5.41) is 10.1. The predicted octanol–water partition coefficient (Wildman–Crippen LogP) is 1.79. The molecule has 0 bridgehead atoms. The number of hydrogen-bond donors (Lipinski definition) is 1. The molecular formula is C11H16O2Si. The van der Waals surface area contributed by atoms with E-state index in [2.05, 4.69) is 0 Å². The van der Waals surface area contributed by atoms with Crippen molar-refractivity contribution in [2.45, 2.75) is 24.6 Å². The first-order valence-corrected chi connectivity index (χ1v) is 7.18. The first-order chi connectivity index (χ1) is 6.88. The Hall–Kier alpha value is -0.643. The molecule has 0 spiro atoms. The van der Waals surface area contributed by atoms with Crippen LogP contribution in [0.3, 0.4) is 0 Å². The molecule has 1 heterocycles. The van der Waals surface area contributed by atoms with E-state index in [0.29, 0.717) is 0 Å². The van der Waals surface area contributed by atoms with Crippen molar-refractivity contribution in [1.29, 1.82) is 0 Å². The molecular weight excluding hydrogens is 192 g/mol. The Balaban J connectivity index is 2.03. The van der Waals surface area contributed by atoms with Gasteiger partial charge in [0.05, 0.1) is 5.73 Å². The SMILES string of the molecule is OC(c1ccccc1)[SiH]1CCCCO1. The van der Waals surface area contributed by atoms with Crippen LogP contribution in [0.1, 0.15) is 24.1 Å². The molecule has 1 aromatic rings. The minimum atomic E-state index is -1.39. The van der Waals surface area contributed by atoms with Crippen molar-refractivity contribution >= 4 is 9.04 Å². The molecule has 0 radical (unpaired) electrons. The van der Waals surface area contributed by atoms with Gasteiger partial charge in [-0.1, -0.05) is 36.8 Å². The average Bonchev–Trinajstić information content (AvgIpc) is 2.30. The third-order valence-corrected chi connectivity index (χ3v) is 5.44. The fraction of sp³-hybridized carbons (Fsp3) is 0.455. The minimum absolute atomic E-state index is 0.323. The van der Waals surface area contributed by atoms with Gasteiger partial charge in [-0.2, -0.15) is 0 Å². The second kappa shape index (κ2) is 4.73. The van der Waals surface area contributed by atoms with Crippen LogP contribution in [0.5, 0.6) is 0 Å². The van der Waals surface area contributed by atoms with Crippen molar-refractivity contribution in [3.05, 3.63) is 35.9 Å². The summed E-state index contributed by atoms with van der Waals surface area (Å²) in [5.74, 6) is 0. The summed E-state index contributed by atoms with van der Waals surface area (Å²) < 4.78 is 5.68. The number of hydrogen-bond acceptors (Lipinski definition) is 2. The van der Waals surface area contributed by atoms with Crippen LogP contribution >= 0.6 is 0 Å². The van der Waals surface area contributed by atoms with Crippen molar-refractivity contribution in [2.24, 2.45) is 0 Å². The molecule has 2 atom stereocenters. The summed E-state index contributed by atoms with van der Waals surface area (Å²) in [5.41, 5.74) is 0.697. The van der Waals surface area contributed by atoms with Crippen LogP contribution in [-0.4, -0.2) is 20.8 Å². The maximum atomic E-state index is 10.1. The Kier molecular flexibility index (Phi) is 3.34. The van der Waals surface area contributed by atoms with Crippen LogP contribution in [0.25, 0.3) is 0 Å². The fourth-order valence-electron chi connectivity index (χ4n) is 1.88. The van der Waals surface area contributed by atoms with Crippen molar-refractivity contribution in [1.82, 2.24) is 0 Å². The highest BCUT2D eigenvalue weighted by Crippen LogP contribution is 2.23. The topological polar surface area (TPSA) is 29.5 Å². The smallest absolute Gasteiger partial charge is 0.210 e. The fourth-order valence-corrected chi connectivity index (χ4v) is 4.36. The number of aliphatic hydroxyl groups excluding tert-OH is 1. The summed E-state index contributed by atoms with van der Waals surface area (Å²) in [4.78, 5) is 0.